The van der Waals surface area contributed by atoms with Gasteiger partial charge in [-0.1, -0.05) is 26.0 Å². The first-order chi connectivity index (χ1) is 16.9. The number of carbonyl (C=O) groups excluding carboxylic acids is 1. The number of nitrogens with two attached hydrogens (primary N) is 1. The first kappa shape index (κ1) is 23.2. The van der Waals surface area contributed by atoms with Crippen LogP contribution in [0.2, 0.25) is 0 Å². The molecule has 0 aliphatic heterocycles. The molecule has 1 saturated carbocycles. The lowest BCUT2D eigenvalue weighted by Gasteiger charge is -2.36. The van der Waals surface area contributed by atoms with Crippen molar-refractivity contribution in [3.8, 4) is 0 Å². The highest BCUT2D eigenvalue weighted by atomic mass is 16.3. The number of benzene rings is 1. The fourth-order valence-electron chi connectivity index (χ4n) is 5.18. The lowest BCUT2D eigenvalue weighted by atomic mass is 9.87. The minimum absolute atomic E-state index is 0.0488. The van der Waals surface area contributed by atoms with Gasteiger partial charge < -0.3 is 25.3 Å². The second-order valence-electron chi connectivity index (χ2n) is 9.61. The third-order valence-corrected chi connectivity index (χ3v) is 6.90. The van der Waals surface area contributed by atoms with Crippen LogP contribution in [0.5, 0.6) is 0 Å². The molecular weight excluding hydrogens is 444 g/mol. The Morgan fingerprint density at radius 3 is 2.89 bits per heavy atom. The highest BCUT2D eigenvalue weighted by Gasteiger charge is 2.35. The van der Waals surface area contributed by atoms with Crippen molar-refractivity contribution in [3.05, 3.63) is 42.7 Å². The normalized spacial score (nSPS) is 20.6. The number of amides is 1. The molecule has 10 nitrogen and oxygen atoms in total. The summed E-state index contributed by atoms with van der Waals surface area (Å²) in [6, 6.07) is 7.55. The van der Waals surface area contributed by atoms with Gasteiger partial charge in [-0.2, -0.15) is 0 Å². The predicted octanol–water partition coefficient (Wildman–Crippen LogP) is 2.93. The number of anilines is 1. The molecule has 3 atom stereocenters. The molecule has 3 heterocycles. The third-order valence-electron chi connectivity index (χ3n) is 6.90. The highest BCUT2D eigenvalue weighted by molar-refractivity contribution is 5.81. The molecule has 0 radical (unpaired) electrons. The van der Waals surface area contributed by atoms with Crippen molar-refractivity contribution in [1.82, 2.24) is 34.4 Å². The van der Waals surface area contributed by atoms with Crippen LogP contribution in [0.1, 0.15) is 63.7 Å². The SMILES string of the molecule is CC(C)c1nc2ccccc2n1CCCC(=O)N[C@H]1CCC[C@H](n2cnc3c(N)ncnc32)[C@H]1O. The second kappa shape index (κ2) is 9.61. The van der Waals surface area contributed by atoms with Crippen LogP contribution >= 0.6 is 0 Å². The van der Waals surface area contributed by atoms with Gasteiger partial charge in [-0.15, -0.1) is 0 Å². The number of carbonyl (C=O) groups is 1. The van der Waals surface area contributed by atoms with Crippen LogP contribution in [0.3, 0.4) is 0 Å². The summed E-state index contributed by atoms with van der Waals surface area (Å²) >= 11 is 0. The van der Waals surface area contributed by atoms with Crippen LogP contribution in [-0.4, -0.2) is 52.2 Å². The van der Waals surface area contributed by atoms with Crippen molar-refractivity contribution >= 4 is 33.9 Å². The van der Waals surface area contributed by atoms with Crippen LogP contribution in [0.15, 0.2) is 36.9 Å². The van der Waals surface area contributed by atoms with Crippen molar-refractivity contribution in [2.45, 2.75) is 76.6 Å². The number of nitrogens with zero attached hydrogens (tertiary/aromatic N) is 6. The van der Waals surface area contributed by atoms with Crippen molar-refractivity contribution in [2.24, 2.45) is 0 Å². The Labute approximate surface area is 203 Å². The van der Waals surface area contributed by atoms with E-state index in [9.17, 15) is 9.90 Å². The molecule has 0 bridgehead atoms. The number of rotatable bonds is 7. The molecule has 1 amide bonds. The largest absolute Gasteiger partial charge is 0.389 e. The first-order valence-electron chi connectivity index (χ1n) is 12.3. The van der Waals surface area contributed by atoms with Crippen LogP contribution in [0.4, 0.5) is 5.82 Å². The molecule has 4 N–H and O–H groups in total. The van der Waals surface area contributed by atoms with Crippen LogP contribution in [-0.2, 0) is 11.3 Å². The standard InChI is InChI=1S/C25H32N8O2/c1-15(2)24-31-16-7-3-4-9-18(16)32(24)12-6-11-20(34)30-17-8-5-10-19(22(17)35)33-14-29-21-23(26)27-13-28-25(21)33/h3-4,7,9,13-15,17,19,22,35H,5-6,8,10-12H2,1-2H3,(H,30,34)(H2,26,27,28)/t17-,19-,22-/m0/s1. The molecule has 0 saturated heterocycles. The van der Waals surface area contributed by atoms with E-state index in [4.69, 9.17) is 10.7 Å². The number of aliphatic hydroxyl groups excluding tert-OH is 1. The smallest absolute Gasteiger partial charge is 0.220 e. The minimum Gasteiger partial charge on any atom is -0.389 e. The van der Waals surface area contributed by atoms with Crippen molar-refractivity contribution < 1.29 is 9.90 Å². The Hall–Kier alpha value is -3.53. The molecule has 0 unspecified atom stereocenters. The number of fused-ring (bicyclic) bond motifs is 2. The zero-order valence-corrected chi connectivity index (χ0v) is 20.1. The molecule has 1 aliphatic carbocycles. The molecular formula is C25H32N8O2. The second-order valence-corrected chi connectivity index (χ2v) is 9.61. The van der Waals surface area contributed by atoms with Gasteiger partial charge in [-0.25, -0.2) is 19.9 Å². The van der Waals surface area contributed by atoms with Gasteiger partial charge in [0, 0.05) is 18.9 Å². The lowest BCUT2D eigenvalue weighted by Crippen LogP contribution is -2.49. The van der Waals surface area contributed by atoms with Crippen LogP contribution in [0.25, 0.3) is 22.2 Å². The first-order valence-corrected chi connectivity index (χ1v) is 12.3. The highest BCUT2D eigenvalue weighted by Crippen LogP contribution is 2.32. The van der Waals surface area contributed by atoms with E-state index < -0.39 is 6.10 Å². The fraction of sp³-hybridized carbons (Fsp3) is 0.480. The number of nitrogens with one attached hydrogen (secondary N) is 1. The number of aliphatic hydroxyl groups is 1. The zero-order chi connectivity index (χ0) is 24.5. The van der Waals surface area contributed by atoms with Gasteiger partial charge in [0.1, 0.15) is 17.7 Å². The van der Waals surface area contributed by atoms with E-state index in [1.54, 1.807) is 6.33 Å². The Morgan fingerprint density at radius 2 is 2.06 bits per heavy atom. The maximum absolute atomic E-state index is 12.8. The molecule has 35 heavy (non-hydrogen) atoms. The summed E-state index contributed by atoms with van der Waals surface area (Å²) in [5, 5.41) is 14.2. The number of imidazole rings is 2. The van der Waals surface area contributed by atoms with Gasteiger partial charge in [0.2, 0.25) is 5.91 Å². The number of nitrogen functional groups attached to an aromatic ring is 1. The predicted molar refractivity (Wildman–Crippen MR) is 134 cm³/mol. The Bertz CT molecular complexity index is 1340. The summed E-state index contributed by atoms with van der Waals surface area (Å²) in [5.41, 5.74) is 9.12. The van der Waals surface area contributed by atoms with Crippen LogP contribution < -0.4 is 11.1 Å². The average Bonchev–Trinajstić information content (AvgIpc) is 3.44. The molecule has 1 fully saturated rings. The summed E-state index contributed by atoms with van der Waals surface area (Å²) in [6.07, 6.45) is 5.77. The topological polar surface area (TPSA) is 137 Å². The van der Waals surface area contributed by atoms with Gasteiger partial charge in [-0.3, -0.25) is 4.79 Å². The molecule has 4 aromatic rings. The Balaban J connectivity index is 1.22. The molecule has 0 spiro atoms. The average molecular weight is 477 g/mol. The fourth-order valence-corrected chi connectivity index (χ4v) is 5.18. The Kier molecular flexibility index (Phi) is 6.38. The van der Waals surface area contributed by atoms with Crippen molar-refractivity contribution in [2.75, 3.05) is 5.73 Å². The molecule has 184 valence electrons. The quantitative estimate of drug-likeness (QED) is 0.373. The third kappa shape index (κ3) is 4.45. The maximum Gasteiger partial charge on any atom is 0.220 e. The molecule has 1 aromatic carbocycles. The number of hydrogen-bond donors (Lipinski definition) is 3. The van der Waals surface area contributed by atoms with E-state index in [0.717, 1.165) is 42.7 Å². The van der Waals surface area contributed by atoms with E-state index in [-0.39, 0.29) is 18.0 Å². The van der Waals surface area contributed by atoms with Gasteiger partial charge >= 0.3 is 0 Å². The summed E-state index contributed by atoms with van der Waals surface area (Å²) in [5.74, 6) is 1.60. The number of para-hydroxylation sites is 2. The Morgan fingerprint density at radius 1 is 1.23 bits per heavy atom. The zero-order valence-electron chi connectivity index (χ0n) is 20.1. The minimum atomic E-state index is -0.744. The molecule has 10 heteroatoms. The van der Waals surface area contributed by atoms with Gasteiger partial charge in [0.05, 0.1) is 35.5 Å². The van der Waals surface area contributed by atoms with E-state index in [0.29, 0.717) is 35.7 Å². The number of hydrogen-bond acceptors (Lipinski definition) is 7. The molecule has 1 aliphatic rings. The summed E-state index contributed by atoms with van der Waals surface area (Å²) in [7, 11) is 0. The van der Waals surface area contributed by atoms with Gasteiger partial charge in [0.15, 0.2) is 11.5 Å². The maximum atomic E-state index is 12.8. The monoisotopic (exact) mass is 476 g/mol. The number of aryl methyl sites for hydroxylation is 1. The molecule has 5 rings (SSSR count). The van der Waals surface area contributed by atoms with E-state index in [2.05, 4.69) is 44.7 Å². The van der Waals surface area contributed by atoms with Crippen molar-refractivity contribution in [1.29, 1.82) is 0 Å². The summed E-state index contributed by atoms with van der Waals surface area (Å²) < 4.78 is 4.07. The van der Waals surface area contributed by atoms with Gasteiger partial charge in [0.25, 0.3) is 0 Å². The molecule has 3 aromatic heterocycles. The summed E-state index contributed by atoms with van der Waals surface area (Å²) in [6.45, 7) is 4.99. The van der Waals surface area contributed by atoms with E-state index >= 15 is 0 Å². The lowest BCUT2D eigenvalue weighted by molar-refractivity contribution is -0.123. The summed E-state index contributed by atoms with van der Waals surface area (Å²) in [4.78, 5) is 30.2. The number of aromatic nitrogens is 6. The van der Waals surface area contributed by atoms with E-state index in [1.165, 1.54) is 6.33 Å². The van der Waals surface area contributed by atoms with Crippen LogP contribution in [0, 0.1) is 0 Å². The van der Waals surface area contributed by atoms with Gasteiger partial charge in [-0.05, 0) is 37.8 Å². The van der Waals surface area contributed by atoms with Crippen molar-refractivity contribution in [3.63, 3.8) is 0 Å². The van der Waals surface area contributed by atoms with E-state index in [1.807, 2.05) is 22.8 Å².